The normalized spacial score (nSPS) is 17.6. The Balaban J connectivity index is 1.66. The highest BCUT2D eigenvalue weighted by Crippen LogP contribution is 2.32. The van der Waals surface area contributed by atoms with Crippen molar-refractivity contribution in [2.75, 3.05) is 6.54 Å². The van der Waals surface area contributed by atoms with Gasteiger partial charge in [-0.1, -0.05) is 18.2 Å². The van der Waals surface area contributed by atoms with Gasteiger partial charge in [0.2, 0.25) is 0 Å². The first-order valence-electron chi connectivity index (χ1n) is 8.15. The lowest BCUT2D eigenvalue weighted by molar-refractivity contribution is 0.0730. The minimum atomic E-state index is -0.347. The van der Waals surface area contributed by atoms with E-state index >= 15 is 0 Å². The molecule has 24 heavy (non-hydrogen) atoms. The lowest BCUT2D eigenvalue weighted by Gasteiger charge is -2.23. The molecule has 0 spiro atoms. The minimum absolute atomic E-state index is 0.0886. The van der Waals surface area contributed by atoms with Gasteiger partial charge in [-0.05, 0) is 49.6 Å². The fraction of sp³-hybridized carbons (Fsp3) is 0.263. The highest BCUT2D eigenvalue weighted by atomic mass is 19.1. The summed E-state index contributed by atoms with van der Waals surface area (Å²) in [5.41, 5.74) is 2.80. The van der Waals surface area contributed by atoms with E-state index in [1.165, 1.54) is 6.07 Å². The van der Waals surface area contributed by atoms with Crippen molar-refractivity contribution in [1.82, 2.24) is 14.9 Å². The maximum absolute atomic E-state index is 13.8. The van der Waals surface area contributed by atoms with Crippen LogP contribution in [0.15, 0.2) is 42.5 Å². The number of nitrogens with one attached hydrogen (secondary N) is 1. The molecule has 122 valence electrons. The number of benzene rings is 2. The van der Waals surface area contributed by atoms with Crippen LogP contribution in [0, 0.1) is 12.7 Å². The zero-order chi connectivity index (χ0) is 16.7. The number of aryl methyl sites for hydroxylation is 1. The van der Waals surface area contributed by atoms with Gasteiger partial charge in [-0.2, -0.15) is 0 Å². The molecule has 1 N–H and O–H groups in total. The third-order valence-electron chi connectivity index (χ3n) is 4.66. The van der Waals surface area contributed by atoms with Crippen LogP contribution in [0.3, 0.4) is 0 Å². The molecule has 0 unspecified atom stereocenters. The second-order valence-corrected chi connectivity index (χ2v) is 6.26. The first-order chi connectivity index (χ1) is 11.6. The number of H-pyrrole nitrogens is 1. The van der Waals surface area contributed by atoms with Crippen molar-refractivity contribution >= 4 is 16.9 Å². The van der Waals surface area contributed by atoms with E-state index in [1.807, 2.05) is 24.3 Å². The Bertz CT molecular complexity index is 885. The minimum Gasteiger partial charge on any atom is -0.340 e. The Hall–Kier alpha value is -2.69. The summed E-state index contributed by atoms with van der Waals surface area (Å²) in [6.45, 7) is 2.35. The van der Waals surface area contributed by atoms with Crippen molar-refractivity contribution in [3.05, 3.63) is 65.2 Å². The number of carbonyl (C=O) groups excluding carboxylic acids is 1. The highest BCUT2D eigenvalue weighted by molar-refractivity contribution is 5.94. The predicted octanol–water partition coefficient (Wildman–Crippen LogP) is 3.99. The van der Waals surface area contributed by atoms with Crippen molar-refractivity contribution in [3.63, 3.8) is 0 Å². The van der Waals surface area contributed by atoms with Gasteiger partial charge in [0.25, 0.3) is 5.91 Å². The average Bonchev–Trinajstić information content (AvgIpc) is 3.22. The SMILES string of the molecule is Cc1ccc(C(=O)N2CCC[C@@H]2c2nc3ccccc3[nH]2)cc1F. The van der Waals surface area contributed by atoms with E-state index in [0.717, 1.165) is 29.7 Å². The van der Waals surface area contributed by atoms with Gasteiger partial charge in [0, 0.05) is 12.1 Å². The Kier molecular flexibility index (Phi) is 3.56. The number of fused-ring (bicyclic) bond motifs is 1. The molecule has 2 aromatic carbocycles. The number of aromatic amines is 1. The number of likely N-dealkylation sites (tertiary alicyclic amines) is 1. The van der Waals surface area contributed by atoms with E-state index in [-0.39, 0.29) is 17.8 Å². The smallest absolute Gasteiger partial charge is 0.254 e. The number of rotatable bonds is 2. The molecule has 0 bridgehead atoms. The molecule has 0 aliphatic carbocycles. The second kappa shape index (κ2) is 5.74. The van der Waals surface area contributed by atoms with Crippen molar-refractivity contribution in [3.8, 4) is 0 Å². The first kappa shape index (κ1) is 14.9. The van der Waals surface area contributed by atoms with Crippen LogP contribution >= 0.6 is 0 Å². The number of imidazole rings is 1. The fourth-order valence-electron chi connectivity index (χ4n) is 3.32. The number of hydrogen-bond donors (Lipinski definition) is 1. The van der Waals surface area contributed by atoms with E-state index in [1.54, 1.807) is 24.0 Å². The van der Waals surface area contributed by atoms with Crippen LogP contribution in [-0.2, 0) is 0 Å². The summed E-state index contributed by atoms with van der Waals surface area (Å²) < 4.78 is 13.8. The number of nitrogens with zero attached hydrogens (tertiary/aromatic N) is 2. The Morgan fingerprint density at radius 1 is 1.29 bits per heavy atom. The van der Waals surface area contributed by atoms with Gasteiger partial charge >= 0.3 is 0 Å². The predicted molar refractivity (Wildman–Crippen MR) is 90.2 cm³/mol. The number of amides is 1. The molecule has 3 aromatic rings. The molecular formula is C19H18FN3O. The highest BCUT2D eigenvalue weighted by Gasteiger charge is 2.32. The van der Waals surface area contributed by atoms with Crippen LogP contribution in [0.1, 0.15) is 40.6 Å². The van der Waals surface area contributed by atoms with Crippen molar-refractivity contribution in [1.29, 1.82) is 0 Å². The topological polar surface area (TPSA) is 49.0 Å². The van der Waals surface area contributed by atoms with Crippen LogP contribution in [-0.4, -0.2) is 27.3 Å². The molecular weight excluding hydrogens is 305 g/mol. The third kappa shape index (κ3) is 2.46. The molecule has 1 aliphatic heterocycles. The van der Waals surface area contributed by atoms with Gasteiger partial charge in [-0.15, -0.1) is 0 Å². The lowest BCUT2D eigenvalue weighted by Crippen LogP contribution is -2.31. The molecule has 1 amide bonds. The summed E-state index contributed by atoms with van der Waals surface area (Å²) in [4.78, 5) is 22.6. The quantitative estimate of drug-likeness (QED) is 0.775. The van der Waals surface area contributed by atoms with Crippen molar-refractivity contribution < 1.29 is 9.18 Å². The van der Waals surface area contributed by atoms with Gasteiger partial charge in [0.15, 0.2) is 0 Å². The molecule has 1 fully saturated rings. The number of halogens is 1. The van der Waals surface area contributed by atoms with Crippen molar-refractivity contribution in [2.24, 2.45) is 0 Å². The summed E-state index contributed by atoms with van der Waals surface area (Å²) in [5.74, 6) is 0.312. The van der Waals surface area contributed by atoms with Crippen LogP contribution in [0.25, 0.3) is 11.0 Å². The fourth-order valence-corrected chi connectivity index (χ4v) is 3.32. The number of hydrogen-bond acceptors (Lipinski definition) is 2. The molecule has 1 aromatic heterocycles. The summed E-state index contributed by atoms with van der Waals surface area (Å²) in [6.07, 6.45) is 1.78. The molecule has 1 aliphatic rings. The Morgan fingerprint density at radius 3 is 2.92 bits per heavy atom. The van der Waals surface area contributed by atoms with E-state index in [2.05, 4.69) is 9.97 Å². The largest absolute Gasteiger partial charge is 0.340 e. The Morgan fingerprint density at radius 2 is 2.12 bits per heavy atom. The monoisotopic (exact) mass is 323 g/mol. The Labute approximate surface area is 139 Å². The van der Waals surface area contributed by atoms with E-state index in [4.69, 9.17) is 0 Å². The molecule has 4 nitrogen and oxygen atoms in total. The van der Waals surface area contributed by atoms with Gasteiger partial charge in [-0.25, -0.2) is 9.37 Å². The zero-order valence-electron chi connectivity index (χ0n) is 13.4. The molecule has 1 saturated heterocycles. The summed E-state index contributed by atoms with van der Waals surface area (Å²) in [7, 11) is 0. The molecule has 5 heteroatoms. The third-order valence-corrected chi connectivity index (χ3v) is 4.66. The zero-order valence-corrected chi connectivity index (χ0v) is 13.4. The van der Waals surface area contributed by atoms with Gasteiger partial charge < -0.3 is 9.88 Å². The van der Waals surface area contributed by atoms with Crippen molar-refractivity contribution in [2.45, 2.75) is 25.8 Å². The summed E-state index contributed by atoms with van der Waals surface area (Å²) in [6, 6.07) is 12.4. The van der Waals surface area contributed by atoms with Gasteiger partial charge in [-0.3, -0.25) is 4.79 Å². The molecule has 0 saturated carbocycles. The number of aromatic nitrogens is 2. The first-order valence-corrected chi connectivity index (χ1v) is 8.15. The molecule has 1 atom stereocenters. The second-order valence-electron chi connectivity index (χ2n) is 6.26. The van der Waals surface area contributed by atoms with Gasteiger partial charge in [0.05, 0.1) is 17.1 Å². The molecule has 0 radical (unpaired) electrons. The van der Waals surface area contributed by atoms with E-state index in [9.17, 15) is 9.18 Å². The van der Waals surface area contributed by atoms with Crippen LogP contribution in [0.2, 0.25) is 0 Å². The average molecular weight is 323 g/mol. The van der Waals surface area contributed by atoms with Crippen LogP contribution in [0.5, 0.6) is 0 Å². The number of para-hydroxylation sites is 2. The summed E-state index contributed by atoms with van der Waals surface area (Å²) >= 11 is 0. The summed E-state index contributed by atoms with van der Waals surface area (Å²) in [5, 5.41) is 0. The van der Waals surface area contributed by atoms with E-state index < -0.39 is 0 Å². The molecule has 2 heterocycles. The number of carbonyl (C=O) groups is 1. The van der Waals surface area contributed by atoms with Crippen LogP contribution < -0.4 is 0 Å². The molecule has 4 rings (SSSR count). The standard InChI is InChI=1S/C19H18FN3O/c1-12-8-9-13(11-14(12)20)19(24)23-10-4-7-17(23)18-21-15-5-2-3-6-16(15)22-18/h2-3,5-6,8-9,11,17H,4,7,10H2,1H3,(H,21,22)/t17-/m1/s1. The van der Waals surface area contributed by atoms with Crippen LogP contribution in [0.4, 0.5) is 4.39 Å². The lowest BCUT2D eigenvalue weighted by atomic mass is 10.1. The van der Waals surface area contributed by atoms with Gasteiger partial charge in [0.1, 0.15) is 11.6 Å². The van der Waals surface area contributed by atoms with E-state index in [0.29, 0.717) is 17.7 Å². The maximum atomic E-state index is 13.8. The maximum Gasteiger partial charge on any atom is 0.254 e.